The molecule has 0 saturated carbocycles. The minimum Gasteiger partial charge on any atom is -0.283 e. The van der Waals surface area contributed by atoms with Gasteiger partial charge in [-0.15, -0.1) is 0 Å². The van der Waals surface area contributed by atoms with Gasteiger partial charge in [-0.1, -0.05) is 24.3 Å². The standard InChI is InChI=1S/C19H18IN3O2/c1-13-9-10-16(11-17(13)20)22(12-24)18-14(2)21(3)23(19(18)25)15-7-5-4-6-8-15/h4-12H,1-3H3. The van der Waals surface area contributed by atoms with Crippen molar-refractivity contribution in [3.63, 3.8) is 0 Å². The molecule has 0 bridgehead atoms. The van der Waals surface area contributed by atoms with Gasteiger partial charge in [-0.2, -0.15) is 0 Å². The molecule has 0 aliphatic heterocycles. The Labute approximate surface area is 159 Å². The summed E-state index contributed by atoms with van der Waals surface area (Å²) in [6.07, 6.45) is 0.694. The van der Waals surface area contributed by atoms with Crippen LogP contribution in [0.4, 0.5) is 11.4 Å². The Balaban J connectivity index is 2.21. The summed E-state index contributed by atoms with van der Waals surface area (Å²) in [4.78, 5) is 26.3. The van der Waals surface area contributed by atoms with E-state index in [9.17, 15) is 9.59 Å². The summed E-state index contributed by atoms with van der Waals surface area (Å²) in [5, 5.41) is 0. The Morgan fingerprint density at radius 1 is 1.08 bits per heavy atom. The molecule has 1 amide bonds. The Hall–Kier alpha value is -2.35. The van der Waals surface area contributed by atoms with Gasteiger partial charge in [0.1, 0.15) is 5.69 Å². The van der Waals surface area contributed by atoms with Crippen molar-refractivity contribution < 1.29 is 4.79 Å². The summed E-state index contributed by atoms with van der Waals surface area (Å²) in [6, 6.07) is 15.1. The second-order valence-corrected chi connectivity index (χ2v) is 6.98. The molecule has 0 N–H and O–H groups in total. The highest BCUT2D eigenvalue weighted by molar-refractivity contribution is 14.1. The molecule has 5 nitrogen and oxygen atoms in total. The molecule has 0 aliphatic rings. The van der Waals surface area contributed by atoms with E-state index in [0.717, 1.165) is 20.5 Å². The predicted octanol–water partition coefficient (Wildman–Crippen LogP) is 3.69. The van der Waals surface area contributed by atoms with Crippen LogP contribution in [0.25, 0.3) is 5.69 Å². The van der Waals surface area contributed by atoms with Gasteiger partial charge in [0, 0.05) is 16.3 Å². The molecule has 128 valence electrons. The molecule has 2 aromatic carbocycles. The number of carbonyl (C=O) groups excluding carboxylic acids is 1. The molecule has 6 heteroatoms. The summed E-state index contributed by atoms with van der Waals surface area (Å²) >= 11 is 2.23. The summed E-state index contributed by atoms with van der Waals surface area (Å²) in [5.41, 5.74) is 3.41. The average molecular weight is 447 g/mol. The summed E-state index contributed by atoms with van der Waals surface area (Å²) in [5.74, 6) is 0. The predicted molar refractivity (Wildman–Crippen MR) is 108 cm³/mol. The molecule has 0 radical (unpaired) electrons. The van der Waals surface area contributed by atoms with Crippen LogP contribution in [0.1, 0.15) is 11.3 Å². The number of rotatable bonds is 4. The van der Waals surface area contributed by atoms with Crippen molar-refractivity contribution in [1.29, 1.82) is 0 Å². The van der Waals surface area contributed by atoms with E-state index in [-0.39, 0.29) is 5.56 Å². The van der Waals surface area contributed by atoms with Crippen molar-refractivity contribution in [2.45, 2.75) is 13.8 Å². The number of para-hydroxylation sites is 1. The second kappa shape index (κ2) is 6.87. The van der Waals surface area contributed by atoms with Crippen molar-refractivity contribution in [3.8, 4) is 5.69 Å². The molecule has 1 heterocycles. The largest absolute Gasteiger partial charge is 0.296 e. The van der Waals surface area contributed by atoms with Gasteiger partial charge in [0.2, 0.25) is 6.41 Å². The lowest BCUT2D eigenvalue weighted by Crippen LogP contribution is -2.25. The number of hydrogen-bond donors (Lipinski definition) is 0. The molecular weight excluding hydrogens is 429 g/mol. The number of carbonyl (C=O) groups is 1. The molecular formula is C19H18IN3O2. The van der Waals surface area contributed by atoms with Crippen LogP contribution in [0.5, 0.6) is 0 Å². The zero-order chi connectivity index (χ0) is 18.1. The Kier molecular flexibility index (Phi) is 4.80. The first-order valence-electron chi connectivity index (χ1n) is 7.80. The Morgan fingerprint density at radius 3 is 2.36 bits per heavy atom. The summed E-state index contributed by atoms with van der Waals surface area (Å²) in [7, 11) is 1.81. The monoisotopic (exact) mass is 447 g/mol. The third kappa shape index (κ3) is 3.02. The van der Waals surface area contributed by atoms with Crippen LogP contribution in [-0.4, -0.2) is 15.8 Å². The second-order valence-electron chi connectivity index (χ2n) is 5.82. The fourth-order valence-electron chi connectivity index (χ4n) is 2.81. The van der Waals surface area contributed by atoms with Gasteiger partial charge in [0.15, 0.2) is 0 Å². The molecule has 1 aromatic heterocycles. The smallest absolute Gasteiger partial charge is 0.283 e. The van der Waals surface area contributed by atoms with E-state index in [4.69, 9.17) is 0 Å². The SMILES string of the molecule is Cc1ccc(N(C=O)c2c(C)n(C)n(-c3ccccc3)c2=O)cc1I. The zero-order valence-electron chi connectivity index (χ0n) is 14.2. The lowest BCUT2D eigenvalue weighted by Gasteiger charge is -2.17. The fraction of sp³-hybridized carbons (Fsp3) is 0.158. The molecule has 3 rings (SSSR count). The minimum absolute atomic E-state index is 0.228. The molecule has 0 atom stereocenters. The Morgan fingerprint density at radius 2 is 1.76 bits per heavy atom. The first kappa shape index (κ1) is 17.5. The highest BCUT2D eigenvalue weighted by Gasteiger charge is 2.22. The molecule has 3 aromatic rings. The minimum atomic E-state index is -0.228. The highest BCUT2D eigenvalue weighted by atomic mass is 127. The van der Waals surface area contributed by atoms with E-state index in [2.05, 4.69) is 22.6 Å². The molecule has 0 fully saturated rings. The van der Waals surface area contributed by atoms with E-state index >= 15 is 0 Å². The molecule has 0 aliphatic carbocycles. The number of benzene rings is 2. The number of halogens is 1. The number of hydrogen-bond acceptors (Lipinski definition) is 2. The lowest BCUT2D eigenvalue weighted by atomic mass is 10.2. The van der Waals surface area contributed by atoms with Crippen LogP contribution in [0.2, 0.25) is 0 Å². The van der Waals surface area contributed by atoms with Crippen molar-refractivity contribution in [1.82, 2.24) is 9.36 Å². The molecule has 0 spiro atoms. The molecule has 0 saturated heterocycles. The van der Waals surface area contributed by atoms with E-state index in [1.165, 1.54) is 4.90 Å². The van der Waals surface area contributed by atoms with Crippen LogP contribution in [0.15, 0.2) is 53.3 Å². The number of anilines is 2. The van der Waals surface area contributed by atoms with Gasteiger partial charge in [0.25, 0.3) is 5.56 Å². The lowest BCUT2D eigenvalue weighted by molar-refractivity contribution is -0.106. The van der Waals surface area contributed by atoms with Gasteiger partial charge in [-0.25, -0.2) is 4.68 Å². The van der Waals surface area contributed by atoms with Gasteiger partial charge in [-0.3, -0.25) is 19.2 Å². The van der Waals surface area contributed by atoms with E-state index < -0.39 is 0 Å². The zero-order valence-corrected chi connectivity index (χ0v) is 16.4. The van der Waals surface area contributed by atoms with Gasteiger partial charge in [-0.05, 0) is 66.3 Å². The van der Waals surface area contributed by atoms with Crippen molar-refractivity contribution in [2.75, 3.05) is 4.90 Å². The first-order chi connectivity index (χ1) is 12.0. The maximum absolute atomic E-state index is 13.1. The van der Waals surface area contributed by atoms with Crippen LogP contribution >= 0.6 is 22.6 Å². The van der Waals surface area contributed by atoms with Gasteiger partial charge in [0.05, 0.1) is 11.4 Å². The normalized spacial score (nSPS) is 10.7. The quantitative estimate of drug-likeness (QED) is 0.453. The van der Waals surface area contributed by atoms with E-state index in [1.54, 1.807) is 9.36 Å². The topological polar surface area (TPSA) is 47.2 Å². The fourth-order valence-corrected chi connectivity index (χ4v) is 3.30. The summed E-state index contributed by atoms with van der Waals surface area (Å²) in [6.45, 7) is 3.85. The van der Waals surface area contributed by atoms with Crippen molar-refractivity contribution >= 4 is 40.4 Å². The van der Waals surface area contributed by atoms with Crippen molar-refractivity contribution in [3.05, 3.63) is 73.7 Å². The van der Waals surface area contributed by atoms with E-state index in [1.807, 2.05) is 69.4 Å². The van der Waals surface area contributed by atoms with Gasteiger partial charge >= 0.3 is 0 Å². The Bertz CT molecular complexity index is 990. The van der Waals surface area contributed by atoms with Crippen LogP contribution < -0.4 is 10.5 Å². The molecule has 0 unspecified atom stereocenters. The third-order valence-electron chi connectivity index (χ3n) is 4.30. The van der Waals surface area contributed by atoms with E-state index in [0.29, 0.717) is 17.8 Å². The van der Waals surface area contributed by atoms with Crippen LogP contribution in [0.3, 0.4) is 0 Å². The number of aromatic nitrogens is 2. The van der Waals surface area contributed by atoms with Crippen LogP contribution in [-0.2, 0) is 11.8 Å². The average Bonchev–Trinajstić information content (AvgIpc) is 2.83. The molecule has 25 heavy (non-hydrogen) atoms. The van der Waals surface area contributed by atoms with Gasteiger partial charge < -0.3 is 0 Å². The van der Waals surface area contributed by atoms with Crippen molar-refractivity contribution in [2.24, 2.45) is 7.05 Å². The number of aryl methyl sites for hydroxylation is 1. The number of amides is 1. The third-order valence-corrected chi connectivity index (χ3v) is 5.47. The first-order valence-corrected chi connectivity index (χ1v) is 8.88. The maximum Gasteiger partial charge on any atom is 0.296 e. The summed E-state index contributed by atoms with van der Waals surface area (Å²) < 4.78 is 4.38. The highest BCUT2D eigenvalue weighted by Crippen LogP contribution is 2.27. The maximum atomic E-state index is 13.1. The van der Waals surface area contributed by atoms with Crippen LogP contribution in [0, 0.1) is 17.4 Å². The number of nitrogens with zero attached hydrogens (tertiary/aromatic N) is 3.